The number of fused-ring (bicyclic) bond motifs is 1. The molecule has 0 atom stereocenters. The Morgan fingerprint density at radius 3 is 2.67 bits per heavy atom. The quantitative estimate of drug-likeness (QED) is 0.563. The van der Waals surface area contributed by atoms with Gasteiger partial charge in [-0.3, -0.25) is 9.89 Å². The maximum atomic E-state index is 12.6. The van der Waals surface area contributed by atoms with Crippen molar-refractivity contribution in [3.63, 3.8) is 0 Å². The van der Waals surface area contributed by atoms with E-state index in [1.54, 1.807) is 18.2 Å². The van der Waals surface area contributed by atoms with Crippen LogP contribution in [0.4, 0.5) is 0 Å². The molecule has 2 heterocycles. The lowest BCUT2D eigenvalue weighted by molar-refractivity contribution is 0.0697. The molecule has 2 aromatic heterocycles. The number of aromatic amines is 1. The van der Waals surface area contributed by atoms with Gasteiger partial charge in [-0.25, -0.2) is 14.3 Å². The number of benzene rings is 2. The molecule has 0 saturated carbocycles. The van der Waals surface area contributed by atoms with Gasteiger partial charge in [0.25, 0.3) is 5.56 Å². The van der Waals surface area contributed by atoms with Crippen molar-refractivity contribution in [2.24, 2.45) is 0 Å². The maximum Gasteiger partial charge on any atom is 0.335 e. The van der Waals surface area contributed by atoms with Crippen LogP contribution in [-0.2, 0) is 0 Å². The number of hydrogen-bond donors (Lipinski definition) is 2. The number of aryl methyl sites for hydroxylation is 1. The molecule has 134 valence electrons. The number of carboxylic acid groups (broad SMARTS) is 1. The number of rotatable bonds is 3. The van der Waals surface area contributed by atoms with Gasteiger partial charge in [0.05, 0.1) is 17.0 Å². The molecule has 0 bridgehead atoms. The summed E-state index contributed by atoms with van der Waals surface area (Å²) in [4.78, 5) is 28.4. The van der Waals surface area contributed by atoms with E-state index >= 15 is 0 Å². The number of H-pyrrole nitrogens is 1. The Labute approximate surface area is 158 Å². The van der Waals surface area contributed by atoms with E-state index in [0.29, 0.717) is 27.6 Å². The van der Waals surface area contributed by atoms with Crippen LogP contribution in [-0.4, -0.2) is 25.7 Å². The van der Waals surface area contributed by atoms with Crippen LogP contribution in [0.25, 0.3) is 28.2 Å². The monoisotopic (exact) mass is 379 g/mol. The molecule has 4 aromatic rings. The van der Waals surface area contributed by atoms with Crippen LogP contribution in [0.1, 0.15) is 15.9 Å². The van der Waals surface area contributed by atoms with E-state index in [1.807, 2.05) is 25.1 Å². The first-order valence-electron chi connectivity index (χ1n) is 8.16. The third kappa shape index (κ3) is 2.90. The second-order valence-corrected chi connectivity index (χ2v) is 6.52. The molecule has 4 rings (SSSR count). The first-order chi connectivity index (χ1) is 13.0. The molecule has 0 fully saturated rings. The summed E-state index contributed by atoms with van der Waals surface area (Å²) in [5.74, 6) is -1.03. The highest BCUT2D eigenvalue weighted by atomic mass is 35.5. The van der Waals surface area contributed by atoms with Crippen molar-refractivity contribution in [1.29, 1.82) is 0 Å². The molecule has 7 heteroatoms. The zero-order chi connectivity index (χ0) is 19.1. The summed E-state index contributed by atoms with van der Waals surface area (Å²) < 4.78 is 1.36. The summed E-state index contributed by atoms with van der Waals surface area (Å²) in [5, 5.41) is 12.8. The molecule has 2 N–H and O–H groups in total. The first-order valence-corrected chi connectivity index (χ1v) is 8.54. The molecule has 0 aliphatic rings. The van der Waals surface area contributed by atoms with Gasteiger partial charge in [-0.15, -0.1) is 0 Å². The zero-order valence-corrected chi connectivity index (χ0v) is 15.0. The van der Waals surface area contributed by atoms with Gasteiger partial charge >= 0.3 is 5.97 Å². The molecule has 6 nitrogen and oxygen atoms in total. The van der Waals surface area contributed by atoms with Gasteiger partial charge in [-0.1, -0.05) is 41.9 Å². The van der Waals surface area contributed by atoms with Crippen molar-refractivity contribution in [3.05, 3.63) is 81.1 Å². The van der Waals surface area contributed by atoms with Gasteiger partial charge in [-0.2, -0.15) is 0 Å². The molecule has 2 aromatic carbocycles. The smallest absolute Gasteiger partial charge is 0.335 e. The second-order valence-electron chi connectivity index (χ2n) is 6.12. The van der Waals surface area contributed by atoms with Crippen LogP contribution in [0.5, 0.6) is 0 Å². The molecule has 0 spiro atoms. The molecule has 0 amide bonds. The van der Waals surface area contributed by atoms with Crippen molar-refractivity contribution in [3.8, 4) is 22.5 Å². The molecular formula is C20H14ClN3O3. The highest BCUT2D eigenvalue weighted by Crippen LogP contribution is 2.30. The normalized spacial score (nSPS) is 11.0. The van der Waals surface area contributed by atoms with Crippen LogP contribution in [0.15, 0.2) is 59.4 Å². The van der Waals surface area contributed by atoms with E-state index in [0.717, 1.165) is 11.1 Å². The van der Waals surface area contributed by atoms with Crippen LogP contribution < -0.4 is 5.56 Å². The Hall–Kier alpha value is -3.38. The molecule has 0 unspecified atom stereocenters. The van der Waals surface area contributed by atoms with Gasteiger partial charge in [0.1, 0.15) is 0 Å². The number of nitrogens with zero attached hydrogens (tertiary/aromatic N) is 2. The Morgan fingerprint density at radius 1 is 1.15 bits per heavy atom. The number of aromatic carboxylic acids is 1. The van der Waals surface area contributed by atoms with Gasteiger partial charge in [0, 0.05) is 27.8 Å². The van der Waals surface area contributed by atoms with Gasteiger partial charge in [-0.05, 0) is 25.1 Å². The van der Waals surface area contributed by atoms with Crippen LogP contribution in [0.3, 0.4) is 0 Å². The van der Waals surface area contributed by atoms with Crippen LogP contribution in [0.2, 0.25) is 5.02 Å². The number of aromatic nitrogens is 3. The lowest BCUT2D eigenvalue weighted by Crippen LogP contribution is -2.14. The maximum absolute atomic E-state index is 12.6. The number of halogens is 1. The Balaban J connectivity index is 1.94. The molecule has 0 saturated heterocycles. The van der Waals surface area contributed by atoms with Gasteiger partial charge < -0.3 is 5.11 Å². The van der Waals surface area contributed by atoms with Crippen LogP contribution >= 0.6 is 11.6 Å². The Kier molecular flexibility index (Phi) is 4.05. The largest absolute Gasteiger partial charge is 0.478 e. The van der Waals surface area contributed by atoms with Crippen molar-refractivity contribution in [2.75, 3.05) is 0 Å². The highest BCUT2D eigenvalue weighted by Gasteiger charge is 2.16. The lowest BCUT2D eigenvalue weighted by atomic mass is 10.1. The number of hydrogen-bond acceptors (Lipinski definition) is 3. The summed E-state index contributed by atoms with van der Waals surface area (Å²) in [7, 11) is 0. The topological polar surface area (TPSA) is 87.5 Å². The Bertz CT molecular complexity index is 1260. The van der Waals surface area contributed by atoms with E-state index in [1.165, 1.54) is 22.7 Å². The van der Waals surface area contributed by atoms with Crippen molar-refractivity contribution >= 4 is 23.2 Å². The van der Waals surface area contributed by atoms with Gasteiger partial charge in [0.15, 0.2) is 5.65 Å². The fraction of sp³-hybridized carbons (Fsp3) is 0.0500. The fourth-order valence-corrected chi connectivity index (χ4v) is 3.27. The van der Waals surface area contributed by atoms with Crippen molar-refractivity contribution in [2.45, 2.75) is 6.92 Å². The predicted molar refractivity (Wildman–Crippen MR) is 103 cm³/mol. The number of carboxylic acids is 1. The second kappa shape index (κ2) is 6.41. The summed E-state index contributed by atoms with van der Waals surface area (Å²) in [6, 6.07) is 15.1. The Morgan fingerprint density at radius 2 is 1.93 bits per heavy atom. The predicted octanol–water partition coefficient (Wildman–Crippen LogP) is 4.02. The first kappa shape index (κ1) is 17.1. The number of nitrogens with one attached hydrogen (secondary N) is 1. The minimum Gasteiger partial charge on any atom is -0.478 e. The highest BCUT2D eigenvalue weighted by molar-refractivity contribution is 6.33. The lowest BCUT2D eigenvalue weighted by Gasteiger charge is -2.03. The number of carbonyl (C=O) groups is 1. The molecular weight excluding hydrogens is 366 g/mol. The van der Waals surface area contributed by atoms with E-state index in [4.69, 9.17) is 11.6 Å². The van der Waals surface area contributed by atoms with Crippen LogP contribution in [0, 0.1) is 6.92 Å². The standard InChI is InChI=1S/C20H14ClN3O3/c1-11-18(14-7-2-3-8-15(14)21)23-24-17(25)10-16(22-19(11)24)12-5-4-6-13(9-12)20(26)27/h2-10,23H,1H3,(H,26,27). The van der Waals surface area contributed by atoms with E-state index < -0.39 is 5.97 Å². The zero-order valence-electron chi connectivity index (χ0n) is 14.2. The van der Waals surface area contributed by atoms with Gasteiger partial charge in [0.2, 0.25) is 0 Å². The van der Waals surface area contributed by atoms with Crippen molar-refractivity contribution < 1.29 is 9.90 Å². The molecule has 0 aliphatic carbocycles. The summed E-state index contributed by atoms with van der Waals surface area (Å²) in [6.07, 6.45) is 0. The van der Waals surface area contributed by atoms with E-state index in [2.05, 4.69) is 10.1 Å². The SMILES string of the molecule is Cc1c(-c2ccccc2Cl)[nH]n2c(=O)cc(-c3cccc(C(=O)O)c3)nc12. The molecule has 0 radical (unpaired) electrons. The molecule has 0 aliphatic heterocycles. The van der Waals surface area contributed by atoms with E-state index in [9.17, 15) is 14.7 Å². The third-order valence-electron chi connectivity index (χ3n) is 4.40. The van der Waals surface area contributed by atoms with Crippen molar-refractivity contribution in [1.82, 2.24) is 14.6 Å². The fourth-order valence-electron chi connectivity index (χ4n) is 3.03. The minimum absolute atomic E-state index is 0.136. The third-order valence-corrected chi connectivity index (χ3v) is 4.73. The minimum atomic E-state index is -1.03. The average molecular weight is 380 g/mol. The summed E-state index contributed by atoms with van der Waals surface area (Å²) in [6.45, 7) is 1.86. The molecule has 27 heavy (non-hydrogen) atoms. The summed E-state index contributed by atoms with van der Waals surface area (Å²) >= 11 is 6.29. The summed E-state index contributed by atoms with van der Waals surface area (Å²) in [5.41, 5.74) is 3.54. The average Bonchev–Trinajstić information content (AvgIpc) is 2.99. The van der Waals surface area contributed by atoms with E-state index in [-0.39, 0.29) is 11.1 Å².